The normalized spacial score (nSPS) is 9.00. The van der Waals surface area contributed by atoms with Crippen LogP contribution in [0.5, 0.6) is 0 Å². The molecule has 0 aliphatic rings. The topological polar surface area (TPSA) is 0 Å². The van der Waals surface area contributed by atoms with E-state index in [9.17, 15) is 0 Å². The zero-order valence-corrected chi connectivity index (χ0v) is 8.93. The van der Waals surface area contributed by atoms with Gasteiger partial charge in [0.2, 0.25) is 0 Å². The minimum Gasteiger partial charge on any atom is -0.108 e. The van der Waals surface area contributed by atoms with Crippen molar-refractivity contribution in [2.45, 2.75) is 20.8 Å². The van der Waals surface area contributed by atoms with E-state index < -0.39 is 0 Å². The van der Waals surface area contributed by atoms with E-state index in [0.717, 1.165) is 0 Å². The number of hydrogen-bond acceptors (Lipinski definition) is 0. The average Bonchev–Trinajstić information content (AvgIpc) is 1.72. The molecule has 0 aliphatic heterocycles. The van der Waals surface area contributed by atoms with Gasteiger partial charge in [0.05, 0.1) is 0 Å². The van der Waals surface area contributed by atoms with Crippen molar-refractivity contribution in [3.63, 3.8) is 0 Å². The fourth-order valence-corrected chi connectivity index (χ4v) is 2.01. The Morgan fingerprint density at radius 3 is 1.12 bits per heavy atom. The van der Waals surface area contributed by atoms with E-state index in [-0.39, 0.29) is 22.4 Å². The van der Waals surface area contributed by atoms with E-state index in [2.05, 4.69) is 20.8 Å². The summed E-state index contributed by atoms with van der Waals surface area (Å²) in [6.45, 7) is 6.87. The molecule has 0 aromatic carbocycles. The van der Waals surface area contributed by atoms with Crippen molar-refractivity contribution in [3.05, 3.63) is 0 Å². The maximum Gasteiger partial charge on any atom is 0 e. The number of rotatable bonds is 3. The van der Waals surface area contributed by atoms with Gasteiger partial charge in [0.1, 0.15) is 0 Å². The summed E-state index contributed by atoms with van der Waals surface area (Å²) in [5, 5.41) is 0. The summed E-state index contributed by atoms with van der Waals surface area (Å²) in [6, 6.07) is 0. The zero-order chi connectivity index (χ0) is 5.70. The summed E-state index contributed by atoms with van der Waals surface area (Å²) in [6.07, 6.45) is 4.26. The van der Waals surface area contributed by atoms with Crippen molar-refractivity contribution < 1.29 is 22.4 Å². The Balaban J connectivity index is 0. The smallest absolute Gasteiger partial charge is 0 e. The van der Waals surface area contributed by atoms with Gasteiger partial charge in [-0.15, -0.1) is 7.92 Å². The molecule has 0 spiro atoms. The van der Waals surface area contributed by atoms with Crippen molar-refractivity contribution in [1.29, 1.82) is 0 Å². The zero-order valence-electron chi connectivity index (χ0n) is 5.87. The Kier molecular flexibility index (Phi) is 12.2. The van der Waals surface area contributed by atoms with Crippen LogP contribution in [0.1, 0.15) is 20.8 Å². The van der Waals surface area contributed by atoms with E-state index in [1.807, 2.05) is 0 Å². The van der Waals surface area contributed by atoms with Gasteiger partial charge in [-0.05, 0) is 18.5 Å². The summed E-state index contributed by atoms with van der Waals surface area (Å²) in [5.74, 6) is 0. The minimum absolute atomic E-state index is 0. The van der Waals surface area contributed by atoms with Crippen molar-refractivity contribution >= 4 is 7.92 Å². The van der Waals surface area contributed by atoms with Crippen LogP contribution >= 0.6 is 7.92 Å². The Bertz CT molecular complexity index is 30.0. The van der Waals surface area contributed by atoms with Gasteiger partial charge in [-0.3, -0.25) is 0 Å². The summed E-state index contributed by atoms with van der Waals surface area (Å²) in [5.41, 5.74) is 0. The van der Waals surface area contributed by atoms with Gasteiger partial charge in [-0.2, -0.15) is 0 Å². The molecule has 0 heterocycles. The SMILES string of the molecule is CCP(CC)CC.[Au]. The van der Waals surface area contributed by atoms with Crippen molar-refractivity contribution in [1.82, 2.24) is 0 Å². The van der Waals surface area contributed by atoms with Crippen LogP contribution in [0.3, 0.4) is 0 Å². The molecular formula is C6H15AuP. The summed E-state index contributed by atoms with van der Waals surface area (Å²) in [7, 11) is 0.446. The van der Waals surface area contributed by atoms with Gasteiger partial charge in [0.15, 0.2) is 0 Å². The molecule has 0 nitrogen and oxygen atoms in total. The van der Waals surface area contributed by atoms with Gasteiger partial charge >= 0.3 is 0 Å². The first-order valence-corrected chi connectivity index (χ1v) is 4.97. The molecule has 0 saturated carbocycles. The molecule has 0 saturated heterocycles. The Morgan fingerprint density at radius 2 is 1.12 bits per heavy atom. The van der Waals surface area contributed by atoms with Crippen LogP contribution in [0, 0.1) is 0 Å². The molecule has 0 aromatic heterocycles. The minimum atomic E-state index is 0. The first-order valence-electron chi connectivity index (χ1n) is 3.07. The molecule has 0 aromatic rings. The van der Waals surface area contributed by atoms with Gasteiger partial charge in [-0.25, -0.2) is 0 Å². The third-order valence-electron chi connectivity index (χ3n) is 1.34. The fourth-order valence-electron chi connectivity index (χ4n) is 0.671. The molecule has 0 rings (SSSR count). The average molecular weight is 315 g/mol. The first-order chi connectivity index (χ1) is 3.35. The van der Waals surface area contributed by atoms with Crippen LogP contribution in [0.2, 0.25) is 0 Å². The second-order valence-electron chi connectivity index (χ2n) is 1.62. The molecule has 8 heavy (non-hydrogen) atoms. The molecule has 0 aliphatic carbocycles. The number of hydrogen-bond donors (Lipinski definition) is 0. The van der Waals surface area contributed by atoms with Crippen LogP contribution < -0.4 is 0 Å². The van der Waals surface area contributed by atoms with Crippen molar-refractivity contribution in [2.75, 3.05) is 18.5 Å². The van der Waals surface area contributed by atoms with Gasteiger partial charge in [-0.1, -0.05) is 20.8 Å². The Hall–Kier alpha value is 1.17. The summed E-state index contributed by atoms with van der Waals surface area (Å²) in [4.78, 5) is 0. The molecule has 0 bridgehead atoms. The van der Waals surface area contributed by atoms with Crippen LogP contribution in [-0.2, 0) is 22.4 Å². The Labute approximate surface area is 69.7 Å². The maximum absolute atomic E-state index is 2.29. The van der Waals surface area contributed by atoms with Crippen molar-refractivity contribution in [2.24, 2.45) is 0 Å². The summed E-state index contributed by atoms with van der Waals surface area (Å²) >= 11 is 0. The third-order valence-corrected chi connectivity index (χ3v) is 4.02. The molecule has 0 amide bonds. The molecular weight excluding hydrogens is 300 g/mol. The van der Waals surface area contributed by atoms with Crippen LogP contribution in [0.25, 0.3) is 0 Å². The van der Waals surface area contributed by atoms with Crippen LogP contribution in [0.4, 0.5) is 0 Å². The van der Waals surface area contributed by atoms with Gasteiger partial charge < -0.3 is 0 Å². The standard InChI is InChI=1S/C6H15P.Au/c1-4-7(5-2)6-3;/h4-6H2,1-3H3;. The van der Waals surface area contributed by atoms with E-state index in [1.54, 1.807) is 0 Å². The first kappa shape index (κ1) is 11.9. The largest absolute Gasteiger partial charge is 0.108 e. The second kappa shape index (κ2) is 8.17. The van der Waals surface area contributed by atoms with Gasteiger partial charge in [0.25, 0.3) is 0 Å². The predicted molar refractivity (Wildman–Crippen MR) is 38.5 cm³/mol. The molecule has 0 unspecified atom stereocenters. The maximum atomic E-state index is 2.29. The monoisotopic (exact) mass is 315 g/mol. The molecule has 0 N–H and O–H groups in total. The third kappa shape index (κ3) is 5.31. The molecule has 0 atom stereocenters. The second-order valence-corrected chi connectivity index (χ2v) is 4.86. The van der Waals surface area contributed by atoms with Crippen LogP contribution in [-0.4, -0.2) is 18.5 Å². The molecule has 2 heteroatoms. The molecule has 0 fully saturated rings. The van der Waals surface area contributed by atoms with E-state index in [4.69, 9.17) is 0 Å². The van der Waals surface area contributed by atoms with Gasteiger partial charge in [0, 0.05) is 22.4 Å². The molecule has 1 radical (unpaired) electrons. The quantitative estimate of drug-likeness (QED) is 0.555. The van der Waals surface area contributed by atoms with E-state index in [1.165, 1.54) is 18.5 Å². The van der Waals surface area contributed by atoms with E-state index in [0.29, 0.717) is 7.92 Å². The van der Waals surface area contributed by atoms with E-state index >= 15 is 0 Å². The fraction of sp³-hybridized carbons (Fsp3) is 1.00. The van der Waals surface area contributed by atoms with Crippen LogP contribution in [0.15, 0.2) is 0 Å². The van der Waals surface area contributed by atoms with Crippen molar-refractivity contribution in [3.8, 4) is 0 Å². The predicted octanol–water partition coefficient (Wildman–Crippen LogP) is 2.53. The Morgan fingerprint density at radius 1 is 0.875 bits per heavy atom. The summed E-state index contributed by atoms with van der Waals surface area (Å²) < 4.78 is 0. The molecule has 55 valence electrons.